The summed E-state index contributed by atoms with van der Waals surface area (Å²) in [6.45, 7) is 0.445. The maximum absolute atomic E-state index is 13.0. The third kappa shape index (κ3) is 2.39. The number of ketones is 1. The third-order valence-electron chi connectivity index (χ3n) is 3.44. The van der Waals surface area contributed by atoms with E-state index in [1.807, 2.05) is 6.07 Å². The van der Waals surface area contributed by atoms with Gasteiger partial charge in [-0.2, -0.15) is 13.2 Å². The lowest BCUT2D eigenvalue weighted by Gasteiger charge is -2.13. The molecule has 0 unspecified atom stereocenters. The van der Waals surface area contributed by atoms with E-state index in [1.54, 1.807) is 6.07 Å². The number of fused-ring (bicyclic) bond motifs is 1. The van der Waals surface area contributed by atoms with Gasteiger partial charge in [0.25, 0.3) is 0 Å². The molecule has 3 rings (SSSR count). The average molecular weight is 292 g/mol. The molecule has 1 aliphatic heterocycles. The Morgan fingerprint density at radius 1 is 1.00 bits per heavy atom. The third-order valence-corrected chi connectivity index (χ3v) is 3.44. The molecule has 0 spiro atoms. The van der Waals surface area contributed by atoms with Crippen LogP contribution in [0.25, 0.3) is 0 Å². The van der Waals surface area contributed by atoms with Crippen molar-refractivity contribution in [3.8, 4) is 5.75 Å². The number of ether oxygens (including phenoxy) is 1. The first-order valence-electron chi connectivity index (χ1n) is 6.44. The predicted molar refractivity (Wildman–Crippen MR) is 70.5 cm³/mol. The second kappa shape index (κ2) is 4.91. The van der Waals surface area contributed by atoms with Crippen molar-refractivity contribution >= 4 is 5.78 Å². The fourth-order valence-corrected chi connectivity index (χ4v) is 2.47. The van der Waals surface area contributed by atoms with Crippen LogP contribution in [0.5, 0.6) is 5.75 Å². The highest BCUT2D eigenvalue weighted by Crippen LogP contribution is 2.36. The fourth-order valence-electron chi connectivity index (χ4n) is 2.47. The van der Waals surface area contributed by atoms with Crippen molar-refractivity contribution in [2.45, 2.75) is 12.6 Å². The van der Waals surface area contributed by atoms with Crippen LogP contribution in [0.3, 0.4) is 0 Å². The molecular weight excluding hydrogens is 281 g/mol. The zero-order valence-corrected chi connectivity index (χ0v) is 10.9. The van der Waals surface area contributed by atoms with E-state index in [2.05, 4.69) is 0 Å². The summed E-state index contributed by atoms with van der Waals surface area (Å²) < 4.78 is 44.4. The molecule has 0 amide bonds. The van der Waals surface area contributed by atoms with Gasteiger partial charge in [-0.3, -0.25) is 4.79 Å². The van der Waals surface area contributed by atoms with E-state index in [0.717, 1.165) is 11.6 Å². The maximum Gasteiger partial charge on any atom is 0.417 e. The summed E-state index contributed by atoms with van der Waals surface area (Å²) in [6.07, 6.45) is -3.90. The molecular formula is C16H11F3O2. The first-order valence-corrected chi connectivity index (χ1v) is 6.44. The predicted octanol–water partition coefficient (Wildman–Crippen LogP) is 3.87. The van der Waals surface area contributed by atoms with Crippen LogP contribution in [-0.2, 0) is 12.6 Å². The molecule has 21 heavy (non-hydrogen) atoms. The molecule has 0 saturated heterocycles. The van der Waals surface area contributed by atoms with Crippen molar-refractivity contribution in [2.75, 3.05) is 6.61 Å². The highest BCUT2D eigenvalue weighted by Gasteiger charge is 2.35. The molecule has 108 valence electrons. The van der Waals surface area contributed by atoms with Crippen molar-refractivity contribution in [1.29, 1.82) is 0 Å². The molecule has 2 nitrogen and oxygen atoms in total. The monoisotopic (exact) mass is 292 g/mol. The zero-order valence-electron chi connectivity index (χ0n) is 10.9. The number of alkyl halides is 3. The van der Waals surface area contributed by atoms with Crippen molar-refractivity contribution in [1.82, 2.24) is 0 Å². The SMILES string of the molecule is O=C(c1ccccc1C(F)(F)F)c1cccc2c1OCC2. The van der Waals surface area contributed by atoms with E-state index in [1.165, 1.54) is 24.3 Å². The normalized spacial score (nSPS) is 13.7. The van der Waals surface area contributed by atoms with Crippen LogP contribution < -0.4 is 4.74 Å². The Morgan fingerprint density at radius 2 is 1.71 bits per heavy atom. The quantitative estimate of drug-likeness (QED) is 0.785. The lowest BCUT2D eigenvalue weighted by atomic mass is 9.96. The molecule has 5 heteroatoms. The second-order valence-corrected chi connectivity index (χ2v) is 4.76. The molecule has 0 aromatic heterocycles. The van der Waals surface area contributed by atoms with Gasteiger partial charge in [0.05, 0.1) is 17.7 Å². The number of benzene rings is 2. The van der Waals surface area contributed by atoms with Gasteiger partial charge in [0.1, 0.15) is 5.75 Å². The molecule has 0 N–H and O–H groups in total. The molecule has 0 radical (unpaired) electrons. The van der Waals surface area contributed by atoms with Gasteiger partial charge in [0.2, 0.25) is 0 Å². The van der Waals surface area contributed by atoms with Crippen LogP contribution in [0, 0.1) is 0 Å². The van der Waals surface area contributed by atoms with Crippen molar-refractivity contribution in [3.63, 3.8) is 0 Å². The van der Waals surface area contributed by atoms with Gasteiger partial charge in [-0.15, -0.1) is 0 Å². The summed E-state index contributed by atoms with van der Waals surface area (Å²) in [5.41, 5.74) is -0.244. The number of hydrogen-bond donors (Lipinski definition) is 0. The minimum Gasteiger partial charge on any atom is -0.492 e. The molecule has 1 aliphatic rings. The van der Waals surface area contributed by atoms with Gasteiger partial charge < -0.3 is 4.74 Å². The first kappa shape index (κ1) is 13.7. The summed E-state index contributed by atoms with van der Waals surface area (Å²) in [7, 11) is 0. The van der Waals surface area contributed by atoms with Crippen LogP contribution in [0.2, 0.25) is 0 Å². The van der Waals surface area contributed by atoms with Gasteiger partial charge in [-0.25, -0.2) is 0 Å². The Balaban J connectivity index is 2.11. The van der Waals surface area contributed by atoms with Crippen LogP contribution in [-0.4, -0.2) is 12.4 Å². The van der Waals surface area contributed by atoms with Crippen molar-refractivity contribution < 1.29 is 22.7 Å². The lowest BCUT2D eigenvalue weighted by Crippen LogP contribution is -2.14. The van der Waals surface area contributed by atoms with Crippen LogP contribution >= 0.6 is 0 Å². The number of carbonyl (C=O) groups is 1. The first-order chi connectivity index (χ1) is 9.98. The van der Waals surface area contributed by atoms with E-state index < -0.39 is 17.5 Å². The van der Waals surface area contributed by atoms with E-state index in [9.17, 15) is 18.0 Å². The number of hydrogen-bond acceptors (Lipinski definition) is 2. The number of rotatable bonds is 2. The Labute approximate surface area is 119 Å². The molecule has 2 aromatic rings. The topological polar surface area (TPSA) is 26.3 Å². The maximum atomic E-state index is 13.0. The smallest absolute Gasteiger partial charge is 0.417 e. The second-order valence-electron chi connectivity index (χ2n) is 4.76. The highest BCUT2D eigenvalue weighted by atomic mass is 19.4. The number of para-hydroxylation sites is 1. The molecule has 1 heterocycles. The minimum atomic E-state index is -4.56. The molecule has 0 fully saturated rings. The number of halogens is 3. The lowest BCUT2D eigenvalue weighted by molar-refractivity contribution is -0.137. The highest BCUT2D eigenvalue weighted by molar-refractivity contribution is 6.12. The van der Waals surface area contributed by atoms with Gasteiger partial charge in [0, 0.05) is 12.0 Å². The largest absolute Gasteiger partial charge is 0.492 e. The van der Waals surface area contributed by atoms with E-state index >= 15 is 0 Å². The van der Waals surface area contributed by atoms with Gasteiger partial charge in [0.15, 0.2) is 5.78 Å². The van der Waals surface area contributed by atoms with Crippen LogP contribution in [0.15, 0.2) is 42.5 Å². The fraction of sp³-hybridized carbons (Fsp3) is 0.188. The molecule has 2 aromatic carbocycles. The summed E-state index contributed by atoms with van der Waals surface area (Å²) in [5.74, 6) is -0.263. The van der Waals surface area contributed by atoms with E-state index in [0.29, 0.717) is 18.8 Å². The van der Waals surface area contributed by atoms with Gasteiger partial charge in [-0.05, 0) is 17.7 Å². The molecule has 0 aliphatic carbocycles. The zero-order chi connectivity index (χ0) is 15.0. The Bertz CT molecular complexity index is 705. The standard InChI is InChI=1S/C16H11F3O2/c17-16(18,19)13-7-2-1-5-11(13)14(20)12-6-3-4-10-8-9-21-15(10)12/h1-7H,8-9H2. The van der Waals surface area contributed by atoms with Crippen molar-refractivity contribution in [3.05, 3.63) is 64.7 Å². The van der Waals surface area contributed by atoms with Gasteiger partial charge >= 0.3 is 6.18 Å². The van der Waals surface area contributed by atoms with E-state index in [4.69, 9.17) is 4.74 Å². The van der Waals surface area contributed by atoms with Crippen LogP contribution in [0.4, 0.5) is 13.2 Å². The summed E-state index contributed by atoms with van der Waals surface area (Å²) in [5, 5.41) is 0. The molecule has 0 bridgehead atoms. The Kier molecular flexibility index (Phi) is 3.20. The van der Waals surface area contributed by atoms with Gasteiger partial charge in [-0.1, -0.05) is 30.3 Å². The minimum absolute atomic E-state index is 0.182. The van der Waals surface area contributed by atoms with Crippen molar-refractivity contribution in [2.24, 2.45) is 0 Å². The summed E-state index contributed by atoms with van der Waals surface area (Å²) in [4.78, 5) is 12.5. The number of carbonyl (C=O) groups excluding carboxylic acids is 1. The summed E-state index contributed by atoms with van der Waals surface area (Å²) in [6, 6.07) is 9.78. The van der Waals surface area contributed by atoms with Crippen LogP contribution in [0.1, 0.15) is 27.0 Å². The molecule has 0 saturated carbocycles. The Morgan fingerprint density at radius 3 is 2.48 bits per heavy atom. The average Bonchev–Trinajstić information content (AvgIpc) is 2.94. The Hall–Kier alpha value is -2.30. The summed E-state index contributed by atoms with van der Waals surface area (Å²) >= 11 is 0. The van der Waals surface area contributed by atoms with E-state index in [-0.39, 0.29) is 11.1 Å². The molecule has 0 atom stereocenters.